The number of nitrogens with zero attached hydrogens (tertiary/aromatic N) is 2. The van der Waals surface area contributed by atoms with Gasteiger partial charge >= 0.3 is 5.63 Å². The predicted octanol–water partition coefficient (Wildman–Crippen LogP) is 4.77. The molecular formula is C23H22N4O2S. The van der Waals surface area contributed by atoms with Gasteiger partial charge in [0.2, 0.25) is 0 Å². The van der Waals surface area contributed by atoms with E-state index in [0.717, 1.165) is 45.8 Å². The maximum absolute atomic E-state index is 11.6. The summed E-state index contributed by atoms with van der Waals surface area (Å²) in [6.45, 7) is 6.66. The van der Waals surface area contributed by atoms with Crippen molar-refractivity contribution in [3.05, 3.63) is 87.5 Å². The first-order valence-corrected chi connectivity index (χ1v) is 10.0. The lowest BCUT2D eigenvalue weighted by atomic mass is 10.1. The van der Waals surface area contributed by atoms with E-state index in [-0.39, 0.29) is 5.63 Å². The molecule has 0 spiro atoms. The third-order valence-corrected chi connectivity index (χ3v) is 5.06. The van der Waals surface area contributed by atoms with Crippen LogP contribution in [0.25, 0.3) is 11.0 Å². The second-order valence-electron chi connectivity index (χ2n) is 7.32. The zero-order chi connectivity index (χ0) is 21.3. The Kier molecular flexibility index (Phi) is 5.37. The lowest BCUT2D eigenvalue weighted by Gasteiger charge is -2.12. The minimum Gasteiger partial charge on any atom is -0.423 e. The molecule has 152 valence electrons. The fraction of sp³-hybridized carbons (Fsp3) is 0.174. The SMILES string of the molecule is Cc1cc(C)n(Cc2ccc(NC(=S)Nc3ccc4c(C)cc(=O)oc4c3)cc2)n1. The standard InChI is InChI=1S/C23H22N4O2S/c1-14-10-22(28)29-21-12-19(8-9-20(14)21)25-23(30)24-18-6-4-17(5-7-18)13-27-16(3)11-15(2)26-27/h4-12H,13H2,1-3H3,(H2,24,25,30). The molecule has 2 heterocycles. The van der Waals surface area contributed by atoms with Crippen molar-refractivity contribution in [2.75, 3.05) is 10.6 Å². The van der Waals surface area contributed by atoms with Gasteiger partial charge in [0.25, 0.3) is 0 Å². The van der Waals surface area contributed by atoms with Gasteiger partial charge in [0.1, 0.15) is 5.58 Å². The molecule has 0 unspecified atom stereocenters. The molecule has 0 aliphatic carbocycles. The summed E-state index contributed by atoms with van der Waals surface area (Å²) in [5, 5.41) is 12.2. The van der Waals surface area contributed by atoms with Gasteiger partial charge in [-0.25, -0.2) is 4.79 Å². The first-order chi connectivity index (χ1) is 14.4. The number of aromatic nitrogens is 2. The van der Waals surface area contributed by atoms with Crippen LogP contribution in [0.3, 0.4) is 0 Å². The Hall–Kier alpha value is -3.45. The van der Waals surface area contributed by atoms with Gasteiger partial charge in [-0.05, 0) is 74.4 Å². The van der Waals surface area contributed by atoms with Crippen LogP contribution in [0.2, 0.25) is 0 Å². The topological polar surface area (TPSA) is 72.1 Å². The van der Waals surface area contributed by atoms with Crippen molar-refractivity contribution >= 4 is 39.7 Å². The molecule has 4 rings (SSSR count). The van der Waals surface area contributed by atoms with Crippen LogP contribution in [0.4, 0.5) is 11.4 Å². The fourth-order valence-corrected chi connectivity index (χ4v) is 3.63. The number of nitrogens with one attached hydrogen (secondary N) is 2. The predicted molar refractivity (Wildman–Crippen MR) is 124 cm³/mol. The molecule has 2 aromatic heterocycles. The minimum absolute atomic E-state index is 0.363. The number of aryl methyl sites for hydroxylation is 3. The maximum atomic E-state index is 11.6. The number of hydrogen-bond donors (Lipinski definition) is 2. The van der Waals surface area contributed by atoms with E-state index in [1.54, 1.807) is 6.07 Å². The Bertz CT molecular complexity index is 1290. The van der Waals surface area contributed by atoms with Crippen LogP contribution in [0.15, 0.2) is 63.8 Å². The number of benzene rings is 2. The van der Waals surface area contributed by atoms with Crippen molar-refractivity contribution in [1.29, 1.82) is 0 Å². The molecule has 0 fully saturated rings. The highest BCUT2D eigenvalue weighted by molar-refractivity contribution is 7.80. The monoisotopic (exact) mass is 418 g/mol. The molecular weight excluding hydrogens is 396 g/mol. The van der Waals surface area contributed by atoms with Crippen LogP contribution in [0, 0.1) is 20.8 Å². The van der Waals surface area contributed by atoms with Gasteiger partial charge < -0.3 is 15.1 Å². The average Bonchev–Trinajstić information content (AvgIpc) is 2.99. The number of fused-ring (bicyclic) bond motifs is 1. The van der Waals surface area contributed by atoms with Crippen molar-refractivity contribution in [3.63, 3.8) is 0 Å². The molecule has 4 aromatic rings. The Morgan fingerprint density at radius 3 is 2.40 bits per heavy atom. The molecule has 0 radical (unpaired) electrons. The maximum Gasteiger partial charge on any atom is 0.336 e. The normalized spacial score (nSPS) is 10.9. The molecule has 6 nitrogen and oxygen atoms in total. The van der Waals surface area contributed by atoms with E-state index in [9.17, 15) is 4.79 Å². The van der Waals surface area contributed by atoms with Crippen LogP contribution in [0.1, 0.15) is 22.5 Å². The van der Waals surface area contributed by atoms with Crippen LogP contribution >= 0.6 is 12.2 Å². The van der Waals surface area contributed by atoms with Gasteiger partial charge in [0, 0.05) is 34.6 Å². The zero-order valence-corrected chi connectivity index (χ0v) is 17.8. The van der Waals surface area contributed by atoms with Crippen LogP contribution in [0.5, 0.6) is 0 Å². The fourth-order valence-electron chi connectivity index (χ4n) is 3.40. The molecule has 0 aliphatic rings. The van der Waals surface area contributed by atoms with Gasteiger partial charge in [-0.1, -0.05) is 12.1 Å². The van der Waals surface area contributed by atoms with E-state index in [1.807, 2.05) is 42.8 Å². The first kappa shape index (κ1) is 19.8. The number of hydrogen-bond acceptors (Lipinski definition) is 4. The lowest BCUT2D eigenvalue weighted by Crippen LogP contribution is -2.19. The molecule has 0 saturated heterocycles. The summed E-state index contributed by atoms with van der Waals surface area (Å²) in [5.74, 6) is 0. The third kappa shape index (κ3) is 4.41. The average molecular weight is 419 g/mol. The van der Waals surface area contributed by atoms with Crippen LogP contribution < -0.4 is 16.3 Å². The number of rotatable bonds is 4. The second kappa shape index (κ2) is 8.12. The van der Waals surface area contributed by atoms with Crippen molar-refractivity contribution in [3.8, 4) is 0 Å². The van der Waals surface area contributed by atoms with E-state index in [0.29, 0.717) is 10.7 Å². The summed E-state index contributed by atoms with van der Waals surface area (Å²) in [5.41, 5.74) is 5.99. The molecule has 0 amide bonds. The highest BCUT2D eigenvalue weighted by Crippen LogP contribution is 2.21. The number of anilines is 2. The Balaban J connectivity index is 1.42. The van der Waals surface area contributed by atoms with Gasteiger partial charge in [0.05, 0.1) is 12.2 Å². The highest BCUT2D eigenvalue weighted by Gasteiger charge is 2.06. The minimum atomic E-state index is -0.363. The summed E-state index contributed by atoms with van der Waals surface area (Å²) in [6.07, 6.45) is 0. The van der Waals surface area contributed by atoms with Crippen molar-refractivity contribution in [2.24, 2.45) is 0 Å². The van der Waals surface area contributed by atoms with Gasteiger partial charge in [-0.15, -0.1) is 0 Å². The smallest absolute Gasteiger partial charge is 0.336 e. The molecule has 0 atom stereocenters. The van der Waals surface area contributed by atoms with Crippen molar-refractivity contribution < 1.29 is 4.42 Å². The van der Waals surface area contributed by atoms with E-state index in [2.05, 4.69) is 40.9 Å². The number of thiocarbonyl (C=S) groups is 1. The van der Waals surface area contributed by atoms with Gasteiger partial charge in [-0.2, -0.15) is 5.10 Å². The summed E-state index contributed by atoms with van der Waals surface area (Å²) in [7, 11) is 0. The quantitative estimate of drug-likeness (QED) is 0.367. The van der Waals surface area contributed by atoms with Crippen LogP contribution in [-0.2, 0) is 6.54 Å². The van der Waals surface area contributed by atoms with Crippen molar-refractivity contribution in [2.45, 2.75) is 27.3 Å². The largest absolute Gasteiger partial charge is 0.423 e. The van der Waals surface area contributed by atoms with Crippen LogP contribution in [-0.4, -0.2) is 14.9 Å². The summed E-state index contributed by atoms with van der Waals surface area (Å²) in [4.78, 5) is 11.6. The highest BCUT2D eigenvalue weighted by atomic mass is 32.1. The second-order valence-corrected chi connectivity index (χ2v) is 7.73. The molecule has 0 saturated carbocycles. The van der Waals surface area contributed by atoms with Crippen molar-refractivity contribution in [1.82, 2.24) is 9.78 Å². The van der Waals surface area contributed by atoms with Gasteiger partial charge in [-0.3, -0.25) is 4.68 Å². The van der Waals surface area contributed by atoms with E-state index in [1.165, 1.54) is 6.07 Å². The molecule has 30 heavy (non-hydrogen) atoms. The molecule has 2 N–H and O–H groups in total. The third-order valence-electron chi connectivity index (χ3n) is 4.86. The van der Waals surface area contributed by atoms with Gasteiger partial charge in [0.15, 0.2) is 5.11 Å². The Labute approximate surface area is 179 Å². The first-order valence-electron chi connectivity index (χ1n) is 9.60. The Morgan fingerprint density at radius 2 is 1.70 bits per heavy atom. The molecule has 0 bridgehead atoms. The van der Waals surface area contributed by atoms with E-state index < -0.39 is 0 Å². The zero-order valence-electron chi connectivity index (χ0n) is 17.0. The van der Waals surface area contributed by atoms with E-state index in [4.69, 9.17) is 16.6 Å². The summed E-state index contributed by atoms with van der Waals surface area (Å²) in [6, 6.07) is 17.2. The summed E-state index contributed by atoms with van der Waals surface area (Å²) < 4.78 is 7.28. The molecule has 2 aromatic carbocycles. The molecule has 0 aliphatic heterocycles. The molecule has 7 heteroatoms. The lowest BCUT2D eigenvalue weighted by molar-refractivity contribution is 0.560. The Morgan fingerprint density at radius 1 is 1.00 bits per heavy atom. The summed E-state index contributed by atoms with van der Waals surface area (Å²) >= 11 is 5.42. The van der Waals surface area contributed by atoms with E-state index >= 15 is 0 Å².